The quantitative estimate of drug-likeness (QED) is 0.670. The standard InChI is InChI=1S/C8H6BrNO/c1-5-2-3-6-4-10-11-8(6)7(5)9/h2-4H,1H3. The molecule has 2 rings (SSSR count). The Morgan fingerprint density at radius 2 is 2.27 bits per heavy atom. The molecule has 0 atom stereocenters. The minimum atomic E-state index is 0.824. The number of hydrogen-bond acceptors (Lipinski definition) is 2. The zero-order valence-corrected chi connectivity index (χ0v) is 7.55. The van der Waals surface area contributed by atoms with Crippen LogP contribution in [0.25, 0.3) is 11.0 Å². The molecule has 0 unspecified atom stereocenters. The maximum absolute atomic E-state index is 5.03. The maximum atomic E-state index is 5.03. The molecule has 2 nitrogen and oxygen atoms in total. The lowest BCUT2D eigenvalue weighted by Crippen LogP contribution is -1.73. The molecule has 11 heavy (non-hydrogen) atoms. The highest BCUT2D eigenvalue weighted by molar-refractivity contribution is 9.10. The van der Waals surface area contributed by atoms with Crippen LogP contribution in [0.4, 0.5) is 0 Å². The van der Waals surface area contributed by atoms with Crippen molar-refractivity contribution in [3.8, 4) is 0 Å². The van der Waals surface area contributed by atoms with Gasteiger partial charge in [-0.25, -0.2) is 0 Å². The molecule has 0 amide bonds. The van der Waals surface area contributed by atoms with E-state index in [1.165, 1.54) is 0 Å². The summed E-state index contributed by atoms with van der Waals surface area (Å²) in [6, 6.07) is 4.02. The molecule has 3 heteroatoms. The number of fused-ring (bicyclic) bond motifs is 1. The monoisotopic (exact) mass is 211 g/mol. The molecule has 0 radical (unpaired) electrons. The van der Waals surface area contributed by atoms with Gasteiger partial charge in [0.05, 0.1) is 10.7 Å². The van der Waals surface area contributed by atoms with Crippen LogP contribution < -0.4 is 0 Å². The average molecular weight is 212 g/mol. The minimum Gasteiger partial charge on any atom is -0.355 e. The third-order valence-corrected chi connectivity index (χ3v) is 2.64. The highest BCUT2D eigenvalue weighted by Crippen LogP contribution is 2.26. The van der Waals surface area contributed by atoms with E-state index < -0.39 is 0 Å². The molecule has 0 aliphatic heterocycles. The minimum absolute atomic E-state index is 0.824. The molecule has 2 aromatic rings. The van der Waals surface area contributed by atoms with Crippen molar-refractivity contribution < 1.29 is 4.52 Å². The van der Waals surface area contributed by atoms with Gasteiger partial charge in [0, 0.05) is 5.39 Å². The second-order valence-electron chi connectivity index (χ2n) is 2.44. The first-order chi connectivity index (χ1) is 5.29. The summed E-state index contributed by atoms with van der Waals surface area (Å²) in [5, 5.41) is 4.73. The fourth-order valence-electron chi connectivity index (χ4n) is 1.000. The molecule has 0 saturated heterocycles. The molecule has 0 fully saturated rings. The Labute approximate surface area is 72.3 Å². The molecule has 0 bridgehead atoms. The zero-order chi connectivity index (χ0) is 7.84. The van der Waals surface area contributed by atoms with E-state index in [-0.39, 0.29) is 0 Å². The van der Waals surface area contributed by atoms with Gasteiger partial charge in [0.2, 0.25) is 0 Å². The summed E-state index contributed by atoms with van der Waals surface area (Å²) in [6.45, 7) is 2.02. The summed E-state index contributed by atoms with van der Waals surface area (Å²) in [7, 11) is 0. The van der Waals surface area contributed by atoms with Crippen LogP contribution in [0.1, 0.15) is 5.56 Å². The molecule has 56 valence electrons. The van der Waals surface area contributed by atoms with E-state index in [9.17, 15) is 0 Å². The van der Waals surface area contributed by atoms with Gasteiger partial charge < -0.3 is 4.52 Å². The van der Waals surface area contributed by atoms with Gasteiger partial charge in [0.15, 0.2) is 5.58 Å². The Morgan fingerprint density at radius 1 is 1.45 bits per heavy atom. The fourth-order valence-corrected chi connectivity index (χ4v) is 1.43. The van der Waals surface area contributed by atoms with E-state index in [2.05, 4.69) is 21.1 Å². The molecular formula is C8H6BrNO. The molecular weight excluding hydrogens is 206 g/mol. The first-order valence-corrected chi connectivity index (χ1v) is 4.08. The van der Waals surface area contributed by atoms with Crippen LogP contribution in [-0.2, 0) is 0 Å². The number of rotatable bonds is 0. The summed E-state index contributed by atoms with van der Waals surface area (Å²) in [6.07, 6.45) is 1.71. The van der Waals surface area contributed by atoms with E-state index in [0.717, 1.165) is 21.0 Å². The van der Waals surface area contributed by atoms with Crippen molar-refractivity contribution in [1.29, 1.82) is 0 Å². The summed E-state index contributed by atoms with van der Waals surface area (Å²) in [4.78, 5) is 0. The molecule has 1 aromatic carbocycles. The van der Waals surface area contributed by atoms with Gasteiger partial charge in [-0.15, -0.1) is 0 Å². The topological polar surface area (TPSA) is 26.0 Å². The van der Waals surface area contributed by atoms with Gasteiger partial charge in [0.1, 0.15) is 0 Å². The molecule has 0 saturated carbocycles. The second kappa shape index (κ2) is 2.34. The smallest absolute Gasteiger partial charge is 0.181 e. The van der Waals surface area contributed by atoms with Crippen LogP contribution in [0.5, 0.6) is 0 Å². The van der Waals surface area contributed by atoms with Gasteiger partial charge in [-0.1, -0.05) is 11.2 Å². The van der Waals surface area contributed by atoms with Crippen LogP contribution in [-0.4, -0.2) is 5.16 Å². The third kappa shape index (κ3) is 0.959. The average Bonchev–Trinajstić information content (AvgIpc) is 2.45. The van der Waals surface area contributed by atoms with Crippen LogP contribution in [0.3, 0.4) is 0 Å². The largest absolute Gasteiger partial charge is 0.355 e. The van der Waals surface area contributed by atoms with E-state index >= 15 is 0 Å². The fraction of sp³-hybridized carbons (Fsp3) is 0.125. The van der Waals surface area contributed by atoms with E-state index in [1.54, 1.807) is 6.20 Å². The van der Waals surface area contributed by atoms with Gasteiger partial charge in [0.25, 0.3) is 0 Å². The number of aromatic nitrogens is 1. The van der Waals surface area contributed by atoms with E-state index in [1.807, 2.05) is 19.1 Å². The highest BCUT2D eigenvalue weighted by Gasteiger charge is 2.04. The maximum Gasteiger partial charge on any atom is 0.181 e. The first kappa shape index (κ1) is 6.85. The Morgan fingerprint density at radius 3 is 3.09 bits per heavy atom. The third-order valence-electron chi connectivity index (χ3n) is 1.66. The highest BCUT2D eigenvalue weighted by atomic mass is 79.9. The first-order valence-electron chi connectivity index (χ1n) is 3.28. The van der Waals surface area contributed by atoms with Crippen molar-refractivity contribution in [3.63, 3.8) is 0 Å². The number of benzene rings is 1. The predicted molar refractivity (Wildman–Crippen MR) is 46.4 cm³/mol. The zero-order valence-electron chi connectivity index (χ0n) is 5.97. The van der Waals surface area contributed by atoms with Gasteiger partial charge in [-0.05, 0) is 34.5 Å². The van der Waals surface area contributed by atoms with Crippen molar-refractivity contribution in [3.05, 3.63) is 28.4 Å². The molecule has 0 aliphatic carbocycles. The number of hydrogen-bond donors (Lipinski definition) is 0. The Bertz CT molecular complexity index is 394. The Hall–Kier alpha value is -0.830. The number of nitrogens with zero attached hydrogens (tertiary/aromatic N) is 1. The van der Waals surface area contributed by atoms with Gasteiger partial charge >= 0.3 is 0 Å². The number of aryl methyl sites for hydroxylation is 1. The molecule has 0 N–H and O–H groups in total. The van der Waals surface area contributed by atoms with Crippen molar-refractivity contribution >= 4 is 26.9 Å². The van der Waals surface area contributed by atoms with E-state index in [4.69, 9.17) is 4.52 Å². The Balaban J connectivity index is 2.93. The Kier molecular flexibility index (Phi) is 1.46. The lowest BCUT2D eigenvalue weighted by atomic mass is 10.2. The normalized spacial score (nSPS) is 10.7. The summed E-state index contributed by atoms with van der Waals surface area (Å²) < 4.78 is 6.03. The lowest BCUT2D eigenvalue weighted by Gasteiger charge is -1.94. The van der Waals surface area contributed by atoms with Crippen LogP contribution in [0, 0.1) is 6.92 Å². The molecule has 0 spiro atoms. The van der Waals surface area contributed by atoms with Gasteiger partial charge in [-0.2, -0.15) is 0 Å². The van der Waals surface area contributed by atoms with Crippen molar-refractivity contribution in [1.82, 2.24) is 5.16 Å². The lowest BCUT2D eigenvalue weighted by molar-refractivity contribution is 0.455. The number of halogens is 1. The predicted octanol–water partition coefficient (Wildman–Crippen LogP) is 2.90. The van der Waals surface area contributed by atoms with Crippen LogP contribution in [0.15, 0.2) is 27.3 Å². The van der Waals surface area contributed by atoms with Crippen LogP contribution in [0.2, 0.25) is 0 Å². The van der Waals surface area contributed by atoms with Crippen molar-refractivity contribution in [2.45, 2.75) is 6.92 Å². The molecule has 1 aromatic heterocycles. The van der Waals surface area contributed by atoms with Crippen LogP contribution >= 0.6 is 15.9 Å². The SMILES string of the molecule is Cc1ccc2cnoc2c1Br. The van der Waals surface area contributed by atoms with Gasteiger partial charge in [-0.3, -0.25) is 0 Å². The van der Waals surface area contributed by atoms with Crippen molar-refractivity contribution in [2.24, 2.45) is 0 Å². The van der Waals surface area contributed by atoms with Crippen molar-refractivity contribution in [2.75, 3.05) is 0 Å². The van der Waals surface area contributed by atoms with E-state index in [0.29, 0.717) is 0 Å². The summed E-state index contributed by atoms with van der Waals surface area (Å²) in [5.41, 5.74) is 1.99. The summed E-state index contributed by atoms with van der Waals surface area (Å²) in [5.74, 6) is 0. The second-order valence-corrected chi connectivity index (χ2v) is 3.23. The molecule has 0 aliphatic rings. The summed E-state index contributed by atoms with van der Waals surface area (Å²) >= 11 is 3.43. The molecule has 1 heterocycles.